The third-order valence-corrected chi connectivity index (χ3v) is 6.44. The summed E-state index contributed by atoms with van der Waals surface area (Å²) >= 11 is 0. The fourth-order valence-electron chi connectivity index (χ4n) is 2.01. The average molecular weight is 410 g/mol. The fraction of sp³-hybridized carbons (Fsp3) is 0.316. The second-order valence-corrected chi connectivity index (χ2v) is 9.34. The van der Waals surface area contributed by atoms with Crippen LogP contribution in [0.5, 0.6) is 5.75 Å². The van der Waals surface area contributed by atoms with Gasteiger partial charge in [-0.3, -0.25) is 4.79 Å². The normalized spacial score (nSPS) is 11.2. The van der Waals surface area contributed by atoms with Crippen LogP contribution in [-0.2, 0) is 18.4 Å². The van der Waals surface area contributed by atoms with E-state index in [1.165, 1.54) is 0 Å². The first-order chi connectivity index (χ1) is 12.9. The molecule has 0 aliphatic carbocycles. The minimum absolute atomic E-state index is 0.0491. The molecular formula is C19H23NO5S2. The number of ether oxygens (including phenoxy) is 2. The molecule has 0 aromatic heterocycles. The van der Waals surface area contributed by atoms with Crippen LogP contribution in [0, 0.1) is 6.92 Å². The first kappa shape index (κ1) is 21.3. The molecular weight excluding hydrogens is 386 g/mol. The molecule has 0 unspecified atom stereocenters. The Bertz CT molecular complexity index is 851. The van der Waals surface area contributed by atoms with Crippen LogP contribution in [0.3, 0.4) is 0 Å². The Hall–Kier alpha value is -2.03. The van der Waals surface area contributed by atoms with E-state index in [9.17, 15) is 13.2 Å². The van der Waals surface area contributed by atoms with E-state index < -0.39 is 8.87 Å². The van der Waals surface area contributed by atoms with Crippen LogP contribution in [0.1, 0.15) is 18.9 Å². The molecule has 0 aliphatic heterocycles. The summed E-state index contributed by atoms with van der Waals surface area (Å²) in [5.74, 6) is 0.631. The SMILES string of the molecule is CCC(=O)COCCOc1cccc(NSS(=O)(=O)c2ccc(C)cc2)c1. The molecule has 1 N–H and O–H groups in total. The van der Waals surface area contributed by atoms with E-state index in [2.05, 4.69) is 4.72 Å². The van der Waals surface area contributed by atoms with Crippen molar-refractivity contribution in [3.63, 3.8) is 0 Å². The molecule has 2 aromatic carbocycles. The Morgan fingerprint density at radius 1 is 1.11 bits per heavy atom. The first-order valence-corrected chi connectivity index (χ1v) is 11.3. The third-order valence-electron chi connectivity index (χ3n) is 3.57. The van der Waals surface area contributed by atoms with E-state index in [-0.39, 0.29) is 17.3 Å². The summed E-state index contributed by atoms with van der Waals surface area (Å²) in [6.07, 6.45) is 0.456. The number of aryl methyl sites for hydroxylation is 1. The molecule has 146 valence electrons. The first-order valence-electron chi connectivity index (χ1n) is 8.49. The quantitative estimate of drug-likeness (QED) is 0.343. The Morgan fingerprint density at radius 3 is 2.56 bits per heavy atom. The smallest absolute Gasteiger partial charge is 0.249 e. The molecule has 0 saturated carbocycles. The summed E-state index contributed by atoms with van der Waals surface area (Å²) in [4.78, 5) is 11.4. The van der Waals surface area contributed by atoms with E-state index >= 15 is 0 Å². The van der Waals surface area contributed by atoms with Crippen LogP contribution in [0.4, 0.5) is 5.69 Å². The molecule has 8 heteroatoms. The van der Waals surface area contributed by atoms with E-state index in [0.717, 1.165) is 5.56 Å². The van der Waals surface area contributed by atoms with Crippen LogP contribution >= 0.6 is 11.0 Å². The van der Waals surface area contributed by atoms with E-state index in [1.807, 2.05) is 6.92 Å². The van der Waals surface area contributed by atoms with E-state index in [4.69, 9.17) is 9.47 Å². The maximum absolute atomic E-state index is 12.4. The Balaban J connectivity index is 1.84. The molecule has 0 fully saturated rings. The Labute approximate surface area is 163 Å². The topological polar surface area (TPSA) is 81.7 Å². The largest absolute Gasteiger partial charge is 0.491 e. The van der Waals surface area contributed by atoms with Crippen molar-refractivity contribution in [2.24, 2.45) is 0 Å². The molecule has 0 radical (unpaired) electrons. The molecule has 0 heterocycles. The monoisotopic (exact) mass is 409 g/mol. The lowest BCUT2D eigenvalue weighted by molar-refractivity contribution is -0.123. The van der Waals surface area contributed by atoms with Crippen LogP contribution < -0.4 is 9.46 Å². The molecule has 0 aliphatic rings. The van der Waals surface area contributed by atoms with Crippen LogP contribution in [0.15, 0.2) is 53.4 Å². The predicted molar refractivity (Wildman–Crippen MR) is 108 cm³/mol. The molecule has 2 aromatic rings. The minimum atomic E-state index is -3.51. The molecule has 0 saturated heterocycles. The molecule has 0 atom stereocenters. The van der Waals surface area contributed by atoms with Crippen molar-refractivity contribution in [2.75, 3.05) is 24.5 Å². The van der Waals surface area contributed by atoms with Gasteiger partial charge >= 0.3 is 0 Å². The maximum Gasteiger partial charge on any atom is 0.249 e. The number of ketones is 1. The molecule has 0 spiro atoms. The molecule has 2 rings (SSSR count). The lowest BCUT2D eigenvalue weighted by Gasteiger charge is -2.10. The molecule has 0 amide bonds. The van der Waals surface area contributed by atoms with Crippen molar-refractivity contribution < 1.29 is 22.7 Å². The van der Waals surface area contributed by atoms with Gasteiger partial charge in [-0.2, -0.15) is 0 Å². The van der Waals surface area contributed by atoms with Gasteiger partial charge in [-0.25, -0.2) is 8.42 Å². The van der Waals surface area contributed by atoms with E-state index in [1.54, 1.807) is 55.5 Å². The van der Waals surface area contributed by atoms with Crippen molar-refractivity contribution >= 4 is 31.3 Å². The highest BCUT2D eigenvalue weighted by Gasteiger charge is 2.15. The standard InChI is InChI=1S/C19H23NO5S2/c1-3-17(21)14-24-11-12-25-18-6-4-5-16(13-18)20-26-27(22,23)19-9-7-15(2)8-10-19/h4-10,13,20H,3,11-12,14H2,1-2H3. The van der Waals surface area contributed by atoms with Gasteiger partial charge in [-0.15, -0.1) is 0 Å². The molecule has 6 nitrogen and oxygen atoms in total. The van der Waals surface area contributed by atoms with Gasteiger partial charge in [0.2, 0.25) is 8.87 Å². The van der Waals surface area contributed by atoms with Crippen LogP contribution in [0.25, 0.3) is 0 Å². The van der Waals surface area contributed by atoms with Gasteiger partial charge in [-0.1, -0.05) is 30.7 Å². The second-order valence-electron chi connectivity index (χ2n) is 5.77. The van der Waals surface area contributed by atoms with Gasteiger partial charge in [0, 0.05) is 18.2 Å². The van der Waals surface area contributed by atoms with Crippen molar-refractivity contribution in [2.45, 2.75) is 25.2 Å². The van der Waals surface area contributed by atoms with E-state index in [0.29, 0.717) is 42.1 Å². The number of hydrogen-bond acceptors (Lipinski definition) is 7. The lowest BCUT2D eigenvalue weighted by Crippen LogP contribution is -2.12. The number of carbonyl (C=O) groups excluding carboxylic acids is 1. The van der Waals surface area contributed by atoms with Gasteiger partial charge in [0.25, 0.3) is 0 Å². The zero-order valence-corrected chi connectivity index (χ0v) is 16.9. The van der Waals surface area contributed by atoms with Gasteiger partial charge in [-0.05, 0) is 31.2 Å². The second kappa shape index (κ2) is 10.3. The Morgan fingerprint density at radius 2 is 1.85 bits per heavy atom. The molecule has 27 heavy (non-hydrogen) atoms. The van der Waals surface area contributed by atoms with Crippen molar-refractivity contribution in [1.82, 2.24) is 0 Å². The van der Waals surface area contributed by atoms with Gasteiger partial charge in [0.1, 0.15) is 19.0 Å². The highest BCUT2D eigenvalue weighted by molar-refractivity contribution is 8.72. The highest BCUT2D eigenvalue weighted by atomic mass is 33.1. The summed E-state index contributed by atoms with van der Waals surface area (Å²) in [5, 5.41) is 0. The van der Waals surface area contributed by atoms with Crippen LogP contribution in [0.2, 0.25) is 0 Å². The lowest BCUT2D eigenvalue weighted by atomic mass is 10.2. The van der Waals surface area contributed by atoms with Crippen molar-refractivity contribution in [3.05, 3.63) is 54.1 Å². The zero-order valence-electron chi connectivity index (χ0n) is 15.3. The van der Waals surface area contributed by atoms with Crippen molar-refractivity contribution in [3.8, 4) is 5.75 Å². The average Bonchev–Trinajstić information content (AvgIpc) is 2.66. The summed E-state index contributed by atoms with van der Waals surface area (Å²) in [5.41, 5.74) is 1.61. The number of carbonyl (C=O) groups is 1. The highest BCUT2D eigenvalue weighted by Crippen LogP contribution is 2.27. The number of anilines is 1. The summed E-state index contributed by atoms with van der Waals surface area (Å²) in [7, 11) is -2.87. The number of rotatable bonds is 11. The number of nitrogens with one attached hydrogen (secondary N) is 1. The maximum atomic E-state index is 12.4. The van der Waals surface area contributed by atoms with Crippen LogP contribution in [-0.4, -0.2) is 34.0 Å². The predicted octanol–water partition coefficient (Wildman–Crippen LogP) is 3.82. The zero-order chi connectivity index (χ0) is 19.7. The fourth-order valence-corrected chi connectivity index (χ4v) is 4.15. The summed E-state index contributed by atoms with van der Waals surface area (Å²) in [6.45, 7) is 4.39. The Kier molecular flexibility index (Phi) is 8.15. The van der Waals surface area contributed by atoms with Gasteiger partial charge in [0.15, 0.2) is 5.78 Å². The number of hydrogen-bond donors (Lipinski definition) is 1. The molecule has 0 bridgehead atoms. The van der Waals surface area contributed by atoms with Gasteiger partial charge < -0.3 is 14.2 Å². The minimum Gasteiger partial charge on any atom is -0.491 e. The summed E-state index contributed by atoms with van der Waals surface area (Å²) in [6, 6.07) is 13.7. The number of benzene rings is 2. The number of Topliss-reactive ketones (excluding diaryl/α,β-unsaturated/α-hetero) is 1. The summed E-state index contributed by atoms with van der Waals surface area (Å²) < 4.78 is 38.3. The van der Waals surface area contributed by atoms with Crippen molar-refractivity contribution in [1.29, 1.82) is 0 Å². The third kappa shape index (κ3) is 7.24. The van der Waals surface area contributed by atoms with Gasteiger partial charge in [0.05, 0.1) is 22.5 Å².